The maximum Gasteiger partial charge on any atom is 0.0445 e. The van der Waals surface area contributed by atoms with Crippen LogP contribution >= 0.6 is 11.3 Å². The third-order valence-electron chi connectivity index (χ3n) is 4.17. The highest BCUT2D eigenvalue weighted by Crippen LogP contribution is 2.43. The van der Waals surface area contributed by atoms with Crippen LogP contribution in [0.25, 0.3) is 0 Å². The van der Waals surface area contributed by atoms with E-state index in [2.05, 4.69) is 29.8 Å². The Balaban J connectivity index is 1.62. The summed E-state index contributed by atoms with van der Waals surface area (Å²) in [6.45, 7) is 2.33. The summed E-state index contributed by atoms with van der Waals surface area (Å²) < 4.78 is 0. The van der Waals surface area contributed by atoms with Crippen molar-refractivity contribution in [3.8, 4) is 0 Å². The average molecular weight is 249 g/mol. The fourth-order valence-electron chi connectivity index (χ4n) is 2.71. The second kappa shape index (κ2) is 5.11. The van der Waals surface area contributed by atoms with Gasteiger partial charge in [-0.1, -0.05) is 25.8 Å². The average Bonchev–Trinajstić information content (AvgIpc) is 3.25. The van der Waals surface area contributed by atoms with Crippen LogP contribution in [-0.2, 0) is 0 Å². The van der Waals surface area contributed by atoms with E-state index in [9.17, 15) is 0 Å². The molecule has 3 rings (SSSR count). The Labute approximate surface area is 109 Å². The van der Waals surface area contributed by atoms with Crippen LogP contribution in [0.5, 0.6) is 0 Å². The molecule has 0 aromatic carbocycles. The zero-order valence-electron chi connectivity index (χ0n) is 10.7. The number of hydrogen-bond acceptors (Lipinski definition) is 2. The molecule has 0 radical (unpaired) electrons. The lowest BCUT2D eigenvalue weighted by atomic mass is 10.0. The van der Waals surface area contributed by atoms with Gasteiger partial charge in [-0.25, -0.2) is 0 Å². The summed E-state index contributed by atoms with van der Waals surface area (Å²) in [6.07, 6.45) is 8.50. The molecule has 0 saturated heterocycles. The molecule has 1 nitrogen and oxygen atoms in total. The molecule has 17 heavy (non-hydrogen) atoms. The van der Waals surface area contributed by atoms with Crippen molar-refractivity contribution in [3.05, 3.63) is 22.4 Å². The van der Waals surface area contributed by atoms with Crippen LogP contribution in [0.1, 0.15) is 56.4 Å². The van der Waals surface area contributed by atoms with E-state index >= 15 is 0 Å². The van der Waals surface area contributed by atoms with Gasteiger partial charge in [-0.15, -0.1) is 11.3 Å². The molecule has 2 atom stereocenters. The summed E-state index contributed by atoms with van der Waals surface area (Å²) in [6, 6.07) is 5.90. The quantitative estimate of drug-likeness (QED) is 0.756. The molecule has 1 aromatic rings. The molecule has 2 saturated carbocycles. The van der Waals surface area contributed by atoms with Crippen molar-refractivity contribution in [1.29, 1.82) is 0 Å². The minimum absolute atomic E-state index is 0.652. The largest absolute Gasteiger partial charge is 0.306 e. The third-order valence-corrected chi connectivity index (χ3v) is 5.12. The van der Waals surface area contributed by atoms with Crippen molar-refractivity contribution in [2.75, 3.05) is 0 Å². The Morgan fingerprint density at radius 2 is 2.18 bits per heavy atom. The van der Waals surface area contributed by atoms with Crippen LogP contribution in [0.15, 0.2) is 17.5 Å². The van der Waals surface area contributed by atoms with Gasteiger partial charge in [-0.3, -0.25) is 0 Å². The monoisotopic (exact) mass is 249 g/mol. The van der Waals surface area contributed by atoms with Crippen LogP contribution in [0.3, 0.4) is 0 Å². The third kappa shape index (κ3) is 3.11. The molecule has 0 aliphatic heterocycles. The predicted octanol–water partition coefficient (Wildman–Crippen LogP) is 4.37. The van der Waals surface area contributed by atoms with Gasteiger partial charge in [0.1, 0.15) is 0 Å². The highest BCUT2D eigenvalue weighted by molar-refractivity contribution is 7.10. The Hall–Kier alpha value is -0.340. The SMILES string of the molecule is CCC(CC1CC1)NC(c1cccs1)C1CC1. The first-order chi connectivity index (χ1) is 8.36. The highest BCUT2D eigenvalue weighted by atomic mass is 32.1. The predicted molar refractivity (Wildman–Crippen MR) is 74.3 cm³/mol. The molecule has 1 aromatic heterocycles. The molecule has 1 heterocycles. The van der Waals surface area contributed by atoms with Gasteiger partial charge in [0.05, 0.1) is 0 Å². The molecule has 0 spiro atoms. The molecular formula is C15H23NS. The Kier molecular flexibility index (Phi) is 3.53. The van der Waals surface area contributed by atoms with Crippen molar-refractivity contribution in [1.82, 2.24) is 5.32 Å². The van der Waals surface area contributed by atoms with Gasteiger partial charge >= 0.3 is 0 Å². The molecule has 2 fully saturated rings. The van der Waals surface area contributed by atoms with Crippen LogP contribution in [0.2, 0.25) is 0 Å². The van der Waals surface area contributed by atoms with Crippen molar-refractivity contribution < 1.29 is 0 Å². The molecular weight excluding hydrogens is 226 g/mol. The number of hydrogen-bond donors (Lipinski definition) is 1. The normalized spacial score (nSPS) is 23.6. The molecule has 0 amide bonds. The molecule has 1 N–H and O–H groups in total. The Morgan fingerprint density at radius 3 is 2.71 bits per heavy atom. The van der Waals surface area contributed by atoms with Crippen LogP contribution < -0.4 is 5.32 Å². The smallest absolute Gasteiger partial charge is 0.0445 e. The molecule has 2 heteroatoms. The molecule has 2 unspecified atom stereocenters. The van der Waals surface area contributed by atoms with Crippen molar-refractivity contribution in [2.45, 2.75) is 57.5 Å². The van der Waals surface area contributed by atoms with Crippen LogP contribution in [-0.4, -0.2) is 6.04 Å². The van der Waals surface area contributed by atoms with Gasteiger partial charge in [-0.2, -0.15) is 0 Å². The van der Waals surface area contributed by atoms with Crippen molar-refractivity contribution in [3.63, 3.8) is 0 Å². The molecule has 0 bridgehead atoms. The summed E-state index contributed by atoms with van der Waals surface area (Å²) in [7, 11) is 0. The summed E-state index contributed by atoms with van der Waals surface area (Å²) in [5.74, 6) is 1.96. The fourth-order valence-corrected chi connectivity index (χ4v) is 3.59. The summed E-state index contributed by atoms with van der Waals surface area (Å²) >= 11 is 1.92. The maximum atomic E-state index is 3.95. The fraction of sp³-hybridized carbons (Fsp3) is 0.733. The van der Waals surface area contributed by atoms with E-state index in [1.54, 1.807) is 4.88 Å². The van der Waals surface area contributed by atoms with Crippen LogP contribution in [0, 0.1) is 11.8 Å². The lowest BCUT2D eigenvalue weighted by Gasteiger charge is -2.24. The van der Waals surface area contributed by atoms with Gasteiger partial charge in [0.15, 0.2) is 0 Å². The van der Waals surface area contributed by atoms with E-state index in [1.165, 1.54) is 38.5 Å². The van der Waals surface area contributed by atoms with Crippen LogP contribution in [0.4, 0.5) is 0 Å². The second-order valence-electron chi connectivity index (χ2n) is 5.78. The number of thiophene rings is 1. The number of nitrogens with one attached hydrogen (secondary N) is 1. The zero-order valence-corrected chi connectivity index (χ0v) is 11.5. The van der Waals surface area contributed by atoms with E-state index < -0.39 is 0 Å². The van der Waals surface area contributed by atoms with E-state index in [0.29, 0.717) is 6.04 Å². The Bertz CT molecular complexity index is 338. The molecule has 2 aliphatic carbocycles. The van der Waals surface area contributed by atoms with Gasteiger partial charge < -0.3 is 5.32 Å². The second-order valence-corrected chi connectivity index (χ2v) is 6.76. The standard InChI is InChI=1S/C15H23NS/c1-2-13(10-11-5-6-11)16-15(12-7-8-12)14-4-3-9-17-14/h3-4,9,11-13,15-16H,2,5-8,10H2,1H3. The minimum Gasteiger partial charge on any atom is -0.306 e. The topological polar surface area (TPSA) is 12.0 Å². The first-order valence-corrected chi connectivity index (χ1v) is 8.04. The first kappa shape index (κ1) is 11.7. The summed E-state index contributed by atoms with van der Waals surface area (Å²) in [4.78, 5) is 1.56. The highest BCUT2D eigenvalue weighted by Gasteiger charge is 2.35. The van der Waals surface area contributed by atoms with Gasteiger partial charge in [-0.05, 0) is 49.0 Å². The van der Waals surface area contributed by atoms with E-state index in [-0.39, 0.29) is 0 Å². The Morgan fingerprint density at radius 1 is 1.35 bits per heavy atom. The van der Waals surface area contributed by atoms with Crippen molar-refractivity contribution in [2.24, 2.45) is 11.8 Å². The first-order valence-electron chi connectivity index (χ1n) is 7.16. The number of rotatable bonds is 7. The molecule has 2 aliphatic rings. The maximum absolute atomic E-state index is 3.95. The van der Waals surface area contributed by atoms with Gasteiger partial charge in [0.2, 0.25) is 0 Å². The minimum atomic E-state index is 0.652. The zero-order chi connectivity index (χ0) is 11.7. The summed E-state index contributed by atoms with van der Waals surface area (Å²) in [5.41, 5.74) is 0. The van der Waals surface area contributed by atoms with Crippen molar-refractivity contribution >= 4 is 11.3 Å². The molecule has 94 valence electrons. The lowest BCUT2D eigenvalue weighted by Crippen LogP contribution is -2.33. The van der Waals surface area contributed by atoms with Gasteiger partial charge in [0.25, 0.3) is 0 Å². The lowest BCUT2D eigenvalue weighted by molar-refractivity contribution is 0.369. The van der Waals surface area contributed by atoms with Gasteiger partial charge in [0, 0.05) is 17.0 Å². The van der Waals surface area contributed by atoms with E-state index in [4.69, 9.17) is 0 Å². The van der Waals surface area contributed by atoms with E-state index in [1.807, 2.05) is 11.3 Å². The summed E-state index contributed by atoms with van der Waals surface area (Å²) in [5, 5.41) is 6.17. The van der Waals surface area contributed by atoms with E-state index in [0.717, 1.165) is 17.9 Å².